The summed E-state index contributed by atoms with van der Waals surface area (Å²) in [4.78, 5) is 13.8. The van der Waals surface area contributed by atoms with E-state index >= 15 is 0 Å². The second-order valence-corrected chi connectivity index (χ2v) is 6.16. The molecule has 0 radical (unpaired) electrons. The number of benzene rings is 1. The lowest BCUT2D eigenvalue weighted by atomic mass is 9.86. The molecule has 0 saturated heterocycles. The van der Waals surface area contributed by atoms with Gasteiger partial charge in [0.15, 0.2) is 0 Å². The van der Waals surface area contributed by atoms with Crippen molar-refractivity contribution in [1.82, 2.24) is 0 Å². The SMILES string of the molecule is CC1CNc2cc(C(C)(C)C)ccc2N(C)C1=O. The minimum absolute atomic E-state index is 0.0143. The number of hydrogen-bond donors (Lipinski definition) is 1. The number of rotatable bonds is 0. The van der Waals surface area contributed by atoms with Crippen molar-refractivity contribution in [1.29, 1.82) is 0 Å². The molecular weight excluding hydrogens is 224 g/mol. The lowest BCUT2D eigenvalue weighted by Gasteiger charge is -2.23. The van der Waals surface area contributed by atoms with Gasteiger partial charge >= 0.3 is 0 Å². The number of fused-ring (bicyclic) bond motifs is 1. The molecule has 1 atom stereocenters. The highest BCUT2D eigenvalue weighted by Gasteiger charge is 2.25. The topological polar surface area (TPSA) is 32.3 Å². The first-order valence-electron chi connectivity index (χ1n) is 6.46. The van der Waals surface area contributed by atoms with Crippen LogP contribution in [0, 0.1) is 5.92 Å². The minimum Gasteiger partial charge on any atom is -0.383 e. The molecule has 0 bridgehead atoms. The Balaban J connectivity index is 2.46. The molecule has 3 heteroatoms. The van der Waals surface area contributed by atoms with Gasteiger partial charge in [-0.05, 0) is 23.1 Å². The van der Waals surface area contributed by atoms with Crippen molar-refractivity contribution in [3.63, 3.8) is 0 Å². The quantitative estimate of drug-likeness (QED) is 0.763. The molecule has 2 rings (SSSR count). The number of amides is 1. The van der Waals surface area contributed by atoms with Gasteiger partial charge < -0.3 is 10.2 Å². The van der Waals surface area contributed by atoms with Crippen LogP contribution in [0.25, 0.3) is 0 Å². The molecule has 1 unspecified atom stereocenters. The fraction of sp³-hybridized carbons (Fsp3) is 0.533. The predicted molar refractivity (Wildman–Crippen MR) is 76.2 cm³/mol. The van der Waals surface area contributed by atoms with Crippen LogP contribution in [0.3, 0.4) is 0 Å². The van der Waals surface area contributed by atoms with E-state index in [1.165, 1.54) is 5.56 Å². The van der Waals surface area contributed by atoms with Gasteiger partial charge in [0.05, 0.1) is 17.3 Å². The van der Waals surface area contributed by atoms with Gasteiger partial charge in [0.2, 0.25) is 5.91 Å². The lowest BCUT2D eigenvalue weighted by Crippen LogP contribution is -2.31. The van der Waals surface area contributed by atoms with E-state index in [9.17, 15) is 4.79 Å². The van der Waals surface area contributed by atoms with E-state index in [1.807, 2.05) is 20.0 Å². The number of anilines is 2. The van der Waals surface area contributed by atoms with Gasteiger partial charge in [-0.1, -0.05) is 33.8 Å². The summed E-state index contributed by atoms with van der Waals surface area (Å²) in [6.07, 6.45) is 0. The summed E-state index contributed by atoms with van der Waals surface area (Å²) >= 11 is 0. The summed E-state index contributed by atoms with van der Waals surface area (Å²) in [7, 11) is 1.85. The van der Waals surface area contributed by atoms with Crippen LogP contribution in [0.1, 0.15) is 33.3 Å². The average molecular weight is 246 g/mol. The maximum atomic E-state index is 12.1. The van der Waals surface area contributed by atoms with Crippen molar-refractivity contribution in [3.05, 3.63) is 23.8 Å². The van der Waals surface area contributed by atoms with Crippen LogP contribution in [0.15, 0.2) is 18.2 Å². The van der Waals surface area contributed by atoms with Crippen LogP contribution in [-0.4, -0.2) is 19.5 Å². The van der Waals surface area contributed by atoms with Gasteiger partial charge in [0, 0.05) is 13.6 Å². The van der Waals surface area contributed by atoms with Crippen LogP contribution >= 0.6 is 0 Å². The zero-order chi connectivity index (χ0) is 13.5. The van der Waals surface area contributed by atoms with Gasteiger partial charge in [0.25, 0.3) is 0 Å². The Bertz CT molecular complexity index is 474. The molecular formula is C15H22N2O. The number of hydrogen-bond acceptors (Lipinski definition) is 2. The van der Waals surface area contributed by atoms with E-state index in [0.717, 1.165) is 11.4 Å². The number of carbonyl (C=O) groups is 1. The summed E-state index contributed by atoms with van der Waals surface area (Å²) in [5.74, 6) is 0.185. The summed E-state index contributed by atoms with van der Waals surface area (Å²) < 4.78 is 0. The third-order valence-corrected chi connectivity index (χ3v) is 3.57. The highest BCUT2D eigenvalue weighted by molar-refractivity contribution is 5.99. The molecule has 1 heterocycles. The molecule has 0 saturated carbocycles. The Kier molecular flexibility index (Phi) is 3.09. The van der Waals surface area contributed by atoms with Crippen LogP contribution in [0.4, 0.5) is 11.4 Å². The normalized spacial score (nSPS) is 20.2. The largest absolute Gasteiger partial charge is 0.383 e. The zero-order valence-electron chi connectivity index (χ0n) is 11.9. The van der Waals surface area contributed by atoms with E-state index in [1.54, 1.807) is 4.90 Å². The molecule has 1 aromatic carbocycles. The fourth-order valence-corrected chi connectivity index (χ4v) is 2.24. The third-order valence-electron chi connectivity index (χ3n) is 3.57. The van der Waals surface area contributed by atoms with Gasteiger partial charge in [-0.3, -0.25) is 4.79 Å². The lowest BCUT2D eigenvalue weighted by molar-refractivity contribution is -0.121. The molecule has 1 N–H and O–H groups in total. The van der Waals surface area contributed by atoms with Crippen molar-refractivity contribution < 1.29 is 4.79 Å². The van der Waals surface area contributed by atoms with Gasteiger partial charge in [-0.25, -0.2) is 0 Å². The minimum atomic E-state index is 0.0143. The maximum Gasteiger partial charge on any atom is 0.231 e. The molecule has 3 nitrogen and oxygen atoms in total. The average Bonchev–Trinajstić information content (AvgIpc) is 2.41. The molecule has 0 aromatic heterocycles. The summed E-state index contributed by atoms with van der Waals surface area (Å²) in [5, 5.41) is 3.39. The van der Waals surface area contributed by atoms with Crippen LogP contribution in [0.2, 0.25) is 0 Å². The Morgan fingerprint density at radius 2 is 2.00 bits per heavy atom. The Hall–Kier alpha value is -1.51. The van der Waals surface area contributed by atoms with E-state index in [-0.39, 0.29) is 17.2 Å². The number of nitrogens with one attached hydrogen (secondary N) is 1. The summed E-state index contributed by atoms with van der Waals surface area (Å²) in [6.45, 7) is 9.25. The van der Waals surface area contributed by atoms with Crippen LogP contribution < -0.4 is 10.2 Å². The molecule has 18 heavy (non-hydrogen) atoms. The zero-order valence-corrected chi connectivity index (χ0v) is 11.9. The first-order chi connectivity index (χ1) is 8.30. The Morgan fingerprint density at radius 1 is 1.33 bits per heavy atom. The smallest absolute Gasteiger partial charge is 0.231 e. The van der Waals surface area contributed by atoms with Gasteiger partial charge in [0.1, 0.15) is 0 Å². The first kappa shape index (κ1) is 12.9. The van der Waals surface area contributed by atoms with E-state index in [0.29, 0.717) is 6.54 Å². The second kappa shape index (κ2) is 4.30. The van der Waals surface area contributed by atoms with Crippen molar-refractivity contribution in [3.8, 4) is 0 Å². The van der Waals surface area contributed by atoms with Crippen LogP contribution in [0.5, 0.6) is 0 Å². The standard InChI is InChI=1S/C15H22N2O/c1-10-9-16-12-8-11(15(2,3)4)6-7-13(12)17(5)14(10)18/h6-8,10,16H,9H2,1-5H3. The first-order valence-corrected chi connectivity index (χ1v) is 6.46. The van der Waals surface area contributed by atoms with Gasteiger partial charge in [-0.2, -0.15) is 0 Å². The highest BCUT2D eigenvalue weighted by Crippen LogP contribution is 2.34. The maximum absolute atomic E-state index is 12.1. The van der Waals surface area contributed by atoms with Crippen molar-refractivity contribution in [2.24, 2.45) is 5.92 Å². The second-order valence-electron chi connectivity index (χ2n) is 6.16. The van der Waals surface area contributed by atoms with E-state index < -0.39 is 0 Å². The molecule has 0 spiro atoms. The fourth-order valence-electron chi connectivity index (χ4n) is 2.24. The third kappa shape index (κ3) is 2.22. The molecule has 1 amide bonds. The van der Waals surface area contributed by atoms with E-state index in [2.05, 4.69) is 38.2 Å². The Morgan fingerprint density at radius 3 is 2.61 bits per heavy atom. The molecule has 98 valence electrons. The van der Waals surface area contributed by atoms with Gasteiger partial charge in [-0.15, -0.1) is 0 Å². The van der Waals surface area contributed by atoms with Crippen molar-refractivity contribution in [2.75, 3.05) is 23.8 Å². The molecule has 1 aromatic rings. The predicted octanol–water partition coefficient (Wildman–Crippen LogP) is 3.01. The van der Waals surface area contributed by atoms with Crippen molar-refractivity contribution >= 4 is 17.3 Å². The van der Waals surface area contributed by atoms with Crippen LogP contribution in [-0.2, 0) is 10.2 Å². The number of nitrogens with zero attached hydrogens (tertiary/aromatic N) is 1. The monoisotopic (exact) mass is 246 g/mol. The summed E-state index contributed by atoms with van der Waals surface area (Å²) in [6, 6.07) is 6.32. The highest BCUT2D eigenvalue weighted by atomic mass is 16.2. The van der Waals surface area contributed by atoms with E-state index in [4.69, 9.17) is 0 Å². The molecule has 1 aliphatic heterocycles. The molecule has 1 aliphatic rings. The van der Waals surface area contributed by atoms with Crippen molar-refractivity contribution in [2.45, 2.75) is 33.1 Å². The molecule has 0 aliphatic carbocycles. The number of carbonyl (C=O) groups excluding carboxylic acids is 1. The summed E-state index contributed by atoms with van der Waals surface area (Å²) in [5.41, 5.74) is 3.43. The molecule has 0 fully saturated rings. The Labute approximate surface area is 109 Å².